The second-order valence-electron chi connectivity index (χ2n) is 11.4. The van der Waals surface area contributed by atoms with Crippen LogP contribution in [0.5, 0.6) is 6.01 Å². The van der Waals surface area contributed by atoms with Crippen molar-refractivity contribution in [1.29, 1.82) is 0 Å². The molecule has 3 aliphatic rings. The van der Waals surface area contributed by atoms with Gasteiger partial charge in [-0.1, -0.05) is 11.3 Å². The van der Waals surface area contributed by atoms with Gasteiger partial charge < -0.3 is 20.9 Å². The summed E-state index contributed by atoms with van der Waals surface area (Å²) < 4.78 is 80.6. The van der Waals surface area contributed by atoms with Crippen LogP contribution in [0.2, 0.25) is 0 Å². The van der Waals surface area contributed by atoms with E-state index in [1.54, 1.807) is 0 Å². The number of hydrogen-bond acceptors (Lipinski definition) is 9. The van der Waals surface area contributed by atoms with Gasteiger partial charge in [-0.3, -0.25) is 4.90 Å². The minimum absolute atomic E-state index is 0.0165. The molecule has 4 N–H and O–H groups in total. The molecule has 0 radical (unpaired) electrons. The first-order chi connectivity index (χ1) is 20.0. The lowest BCUT2D eigenvalue weighted by atomic mass is 9.89. The number of aliphatic hydroxyl groups excluding tert-OH is 1. The maximum Gasteiger partial charge on any atom is 0.417 e. The third-order valence-corrected chi connectivity index (χ3v) is 9.63. The van der Waals surface area contributed by atoms with Crippen LogP contribution in [0.25, 0.3) is 32.2 Å². The molecule has 8 nitrogen and oxygen atoms in total. The predicted molar refractivity (Wildman–Crippen MR) is 148 cm³/mol. The van der Waals surface area contributed by atoms with Crippen LogP contribution in [0, 0.1) is 11.6 Å². The maximum absolute atomic E-state index is 16.5. The van der Waals surface area contributed by atoms with Crippen molar-refractivity contribution < 1.29 is 31.8 Å². The molecule has 1 aliphatic carbocycles. The summed E-state index contributed by atoms with van der Waals surface area (Å²) >= 11 is 0.765. The first-order valence-corrected chi connectivity index (χ1v) is 14.6. The average Bonchev–Trinajstić information content (AvgIpc) is 3.61. The van der Waals surface area contributed by atoms with E-state index in [0.717, 1.165) is 68.3 Å². The molecule has 2 aromatic carbocycles. The van der Waals surface area contributed by atoms with Crippen LogP contribution < -0.4 is 15.8 Å². The second-order valence-corrected chi connectivity index (χ2v) is 12.4. The zero-order valence-electron chi connectivity index (χ0n) is 22.3. The number of aromatic nitrogens is 3. The highest BCUT2D eigenvalue weighted by molar-refractivity contribution is 7.22. The number of benzene rings is 2. The smallest absolute Gasteiger partial charge is 0.417 e. The molecule has 0 amide bonds. The Labute approximate surface area is 240 Å². The van der Waals surface area contributed by atoms with Crippen LogP contribution >= 0.6 is 11.3 Å². The van der Waals surface area contributed by atoms with Crippen LogP contribution in [0.4, 0.5) is 32.9 Å². The molecule has 0 spiro atoms. The van der Waals surface area contributed by atoms with Crippen molar-refractivity contribution in [3.05, 3.63) is 35.4 Å². The van der Waals surface area contributed by atoms with E-state index in [-0.39, 0.29) is 61.8 Å². The largest absolute Gasteiger partial charge is 0.461 e. The number of fused-ring (bicyclic) bond motifs is 3. The van der Waals surface area contributed by atoms with Crippen molar-refractivity contribution in [1.82, 2.24) is 19.9 Å². The topological polar surface area (TPSA) is 109 Å². The maximum atomic E-state index is 16.5. The number of aliphatic hydroxyl groups is 1. The molecule has 7 rings (SSSR count). The van der Waals surface area contributed by atoms with Crippen LogP contribution in [0.1, 0.15) is 44.1 Å². The first-order valence-electron chi connectivity index (χ1n) is 13.8. The molecular formula is C28H27F5N6O2S. The Kier molecular flexibility index (Phi) is 6.44. The highest BCUT2D eigenvalue weighted by Gasteiger charge is 2.45. The zero-order valence-corrected chi connectivity index (χ0v) is 23.1. The SMILES string of the molecule is Nc1nc2c(-c3c(C(F)(F)F)cc4c(NC5CC(O)C5)nc(OCC56CCCN5CCC6)nc4c3F)ccc(F)c2s1. The van der Waals surface area contributed by atoms with Gasteiger partial charge in [-0.05, 0) is 69.8 Å². The van der Waals surface area contributed by atoms with E-state index in [1.807, 2.05) is 0 Å². The number of alkyl halides is 3. The fourth-order valence-corrected chi connectivity index (χ4v) is 7.38. The summed E-state index contributed by atoms with van der Waals surface area (Å²) in [6, 6.07) is 2.41. The van der Waals surface area contributed by atoms with Crippen LogP contribution in [0.15, 0.2) is 18.2 Å². The molecule has 0 atom stereocenters. The van der Waals surface area contributed by atoms with E-state index in [4.69, 9.17) is 10.5 Å². The number of thiazole rings is 1. The van der Waals surface area contributed by atoms with Gasteiger partial charge >= 0.3 is 12.2 Å². The lowest BCUT2D eigenvalue weighted by Crippen LogP contribution is -2.43. The highest BCUT2D eigenvalue weighted by Crippen LogP contribution is 2.46. The molecule has 42 heavy (non-hydrogen) atoms. The number of hydrogen-bond donors (Lipinski definition) is 3. The summed E-state index contributed by atoms with van der Waals surface area (Å²) in [5.74, 6) is -2.00. The molecule has 222 valence electrons. The summed E-state index contributed by atoms with van der Waals surface area (Å²) in [6.45, 7) is 2.19. The summed E-state index contributed by atoms with van der Waals surface area (Å²) in [6.07, 6.45) is -0.849. The third kappa shape index (κ3) is 4.51. The van der Waals surface area contributed by atoms with Crippen molar-refractivity contribution in [2.24, 2.45) is 0 Å². The van der Waals surface area contributed by atoms with Crippen molar-refractivity contribution in [2.45, 2.75) is 62.4 Å². The molecular weight excluding hydrogens is 579 g/mol. The first kappa shape index (κ1) is 27.5. The van der Waals surface area contributed by atoms with E-state index < -0.39 is 35.0 Å². The Morgan fingerprint density at radius 2 is 1.83 bits per heavy atom. The number of anilines is 2. The van der Waals surface area contributed by atoms with Gasteiger partial charge in [-0.25, -0.2) is 13.8 Å². The van der Waals surface area contributed by atoms with Crippen molar-refractivity contribution in [3.63, 3.8) is 0 Å². The highest BCUT2D eigenvalue weighted by atomic mass is 32.1. The van der Waals surface area contributed by atoms with Gasteiger partial charge in [0.1, 0.15) is 23.8 Å². The second kappa shape index (κ2) is 9.85. The third-order valence-electron chi connectivity index (χ3n) is 8.73. The van der Waals surface area contributed by atoms with Gasteiger partial charge in [-0.2, -0.15) is 23.1 Å². The molecule has 4 aromatic rings. The van der Waals surface area contributed by atoms with Gasteiger partial charge in [0, 0.05) is 22.6 Å². The molecule has 2 aromatic heterocycles. The summed E-state index contributed by atoms with van der Waals surface area (Å²) in [5.41, 5.74) is 2.69. The monoisotopic (exact) mass is 606 g/mol. The number of nitrogens with one attached hydrogen (secondary N) is 1. The van der Waals surface area contributed by atoms with E-state index in [2.05, 4.69) is 25.2 Å². The standard InChI is InChI=1S/C28H27F5N6O2S/c29-18-4-3-15(22-23(18)42-25(34)36-22)19-17(28(31,32)33)11-16-21(20(19)30)37-26(38-24(16)35-13-9-14(40)10-13)41-12-27-5-1-7-39(27)8-2-6-27/h3-4,11,13-14,40H,1-2,5-10,12H2,(H2,34,36)(H,35,37,38). The van der Waals surface area contributed by atoms with Crippen LogP contribution in [-0.4, -0.2) is 62.3 Å². The van der Waals surface area contributed by atoms with Crippen molar-refractivity contribution in [2.75, 3.05) is 30.7 Å². The molecule has 14 heteroatoms. The van der Waals surface area contributed by atoms with Gasteiger partial charge in [0.2, 0.25) is 0 Å². The molecule has 1 saturated carbocycles. The molecule has 0 unspecified atom stereocenters. The molecule has 2 saturated heterocycles. The lowest BCUT2D eigenvalue weighted by molar-refractivity contribution is -0.137. The summed E-state index contributed by atoms with van der Waals surface area (Å²) in [5, 5.41) is 12.6. The Bertz CT molecular complexity index is 1700. The van der Waals surface area contributed by atoms with Crippen LogP contribution in [-0.2, 0) is 6.18 Å². The number of nitrogens with two attached hydrogens (primary N) is 1. The van der Waals surface area contributed by atoms with E-state index in [1.165, 1.54) is 0 Å². The number of halogens is 5. The zero-order chi connectivity index (χ0) is 29.4. The predicted octanol–water partition coefficient (Wildman–Crippen LogP) is 5.73. The number of rotatable bonds is 6. The fraction of sp³-hybridized carbons (Fsp3) is 0.464. The normalized spacial score (nSPS) is 22.0. The van der Waals surface area contributed by atoms with Gasteiger partial charge in [0.05, 0.1) is 27.4 Å². The molecule has 3 fully saturated rings. The van der Waals surface area contributed by atoms with E-state index >= 15 is 4.39 Å². The Hall–Kier alpha value is -3.36. The number of ether oxygens (including phenoxy) is 1. The number of nitrogens with zero attached hydrogens (tertiary/aromatic N) is 4. The summed E-state index contributed by atoms with van der Waals surface area (Å²) in [4.78, 5) is 15.1. The fourth-order valence-electron chi connectivity index (χ4n) is 6.62. The van der Waals surface area contributed by atoms with E-state index in [0.29, 0.717) is 12.8 Å². The Morgan fingerprint density at radius 1 is 1.10 bits per heavy atom. The molecule has 4 heterocycles. The van der Waals surface area contributed by atoms with Gasteiger partial charge in [0.15, 0.2) is 10.9 Å². The Morgan fingerprint density at radius 3 is 2.52 bits per heavy atom. The van der Waals surface area contributed by atoms with Crippen molar-refractivity contribution >= 4 is 43.4 Å². The molecule has 0 bridgehead atoms. The minimum atomic E-state index is -4.99. The average molecular weight is 607 g/mol. The lowest BCUT2D eigenvalue weighted by Gasteiger charge is -2.33. The molecule has 2 aliphatic heterocycles. The summed E-state index contributed by atoms with van der Waals surface area (Å²) in [7, 11) is 0. The Balaban J connectivity index is 1.40. The number of nitrogen functional groups attached to an aromatic ring is 1. The van der Waals surface area contributed by atoms with E-state index in [9.17, 15) is 22.7 Å². The quantitative estimate of drug-likeness (QED) is 0.239. The van der Waals surface area contributed by atoms with Gasteiger partial charge in [-0.15, -0.1) is 0 Å². The van der Waals surface area contributed by atoms with Crippen LogP contribution in [0.3, 0.4) is 0 Å². The van der Waals surface area contributed by atoms with Crippen molar-refractivity contribution in [3.8, 4) is 17.1 Å². The minimum Gasteiger partial charge on any atom is -0.461 e. The van der Waals surface area contributed by atoms with Gasteiger partial charge in [0.25, 0.3) is 0 Å².